The van der Waals surface area contributed by atoms with E-state index < -0.39 is 0 Å². The van der Waals surface area contributed by atoms with E-state index in [-0.39, 0.29) is 0 Å². The molecule has 3 aromatic carbocycles. The molecule has 0 spiro atoms. The van der Waals surface area contributed by atoms with E-state index in [1.165, 1.54) is 38.2 Å². The molecule has 0 aliphatic carbocycles. The van der Waals surface area contributed by atoms with E-state index in [0.29, 0.717) is 12.3 Å². The summed E-state index contributed by atoms with van der Waals surface area (Å²) < 4.78 is 0. The Hall–Kier alpha value is -2.15. The summed E-state index contributed by atoms with van der Waals surface area (Å²) in [5, 5.41) is 5.44. The summed E-state index contributed by atoms with van der Waals surface area (Å²) >= 11 is 0. The number of carbonyl (C=O) groups excluding carboxylic acids is 1. The van der Waals surface area contributed by atoms with Crippen LogP contribution < -0.4 is 0 Å². The minimum absolute atomic E-state index is 0.492. The molecule has 0 heterocycles. The van der Waals surface area contributed by atoms with Crippen LogP contribution in [0.5, 0.6) is 0 Å². The Labute approximate surface area is 138 Å². The van der Waals surface area contributed by atoms with Crippen molar-refractivity contribution in [3.63, 3.8) is 0 Å². The number of aryl methyl sites for hydroxylation is 2. The van der Waals surface area contributed by atoms with Gasteiger partial charge in [-0.25, -0.2) is 0 Å². The van der Waals surface area contributed by atoms with Crippen LogP contribution in [0.15, 0.2) is 42.5 Å². The molecule has 0 fully saturated rings. The fraction of sp³-hybridized carbons (Fsp3) is 0.318. The maximum Gasteiger partial charge on any atom is 0.120 e. The number of fused-ring (bicyclic) bond motifs is 3. The highest BCUT2D eigenvalue weighted by Gasteiger charge is 2.13. The van der Waals surface area contributed by atoms with Crippen LogP contribution in [0.4, 0.5) is 0 Å². The number of benzene rings is 3. The molecule has 0 saturated carbocycles. The number of hydrogen-bond donors (Lipinski definition) is 0. The Morgan fingerprint density at radius 2 is 1.83 bits per heavy atom. The third-order valence-electron chi connectivity index (χ3n) is 4.74. The summed E-state index contributed by atoms with van der Waals surface area (Å²) in [6.45, 7) is 6.72. The van der Waals surface area contributed by atoms with Crippen LogP contribution in [0.25, 0.3) is 21.5 Å². The van der Waals surface area contributed by atoms with Gasteiger partial charge < -0.3 is 4.79 Å². The second kappa shape index (κ2) is 6.54. The van der Waals surface area contributed by atoms with Gasteiger partial charge in [0.1, 0.15) is 6.29 Å². The van der Waals surface area contributed by atoms with Crippen molar-refractivity contribution >= 4 is 27.8 Å². The predicted molar refractivity (Wildman–Crippen MR) is 99.3 cm³/mol. The fourth-order valence-electron chi connectivity index (χ4n) is 3.57. The van der Waals surface area contributed by atoms with Gasteiger partial charge >= 0.3 is 0 Å². The average Bonchev–Trinajstić information content (AvgIpc) is 2.54. The van der Waals surface area contributed by atoms with Crippen LogP contribution in [-0.4, -0.2) is 6.29 Å². The van der Waals surface area contributed by atoms with Crippen LogP contribution in [0.2, 0.25) is 0 Å². The molecule has 0 aromatic heterocycles. The quantitative estimate of drug-likeness (QED) is 0.323. The molecule has 0 saturated heterocycles. The van der Waals surface area contributed by atoms with E-state index in [1.807, 2.05) is 0 Å². The summed E-state index contributed by atoms with van der Waals surface area (Å²) in [6, 6.07) is 15.6. The van der Waals surface area contributed by atoms with Crippen LogP contribution >= 0.6 is 0 Å². The van der Waals surface area contributed by atoms with Crippen molar-refractivity contribution in [2.24, 2.45) is 0 Å². The first kappa shape index (κ1) is 15.7. The molecule has 0 N–H and O–H groups in total. The summed E-state index contributed by atoms with van der Waals surface area (Å²) in [5.41, 5.74) is 4.11. The third kappa shape index (κ3) is 2.88. The molecule has 0 radical (unpaired) electrons. The molecule has 0 aliphatic rings. The van der Waals surface area contributed by atoms with Crippen molar-refractivity contribution in [1.82, 2.24) is 0 Å². The molecule has 0 unspecified atom stereocenters. The summed E-state index contributed by atoms with van der Waals surface area (Å²) in [6.07, 6.45) is 3.54. The van der Waals surface area contributed by atoms with Crippen molar-refractivity contribution in [2.45, 2.75) is 46.0 Å². The highest BCUT2D eigenvalue weighted by molar-refractivity contribution is 6.11. The Balaban J connectivity index is 2.33. The second-order valence-electron chi connectivity index (χ2n) is 6.69. The van der Waals surface area contributed by atoms with Gasteiger partial charge in [0.2, 0.25) is 0 Å². The maximum atomic E-state index is 10.6. The molecular weight excluding hydrogens is 280 g/mol. The number of rotatable bonds is 5. The van der Waals surface area contributed by atoms with Crippen LogP contribution in [0.1, 0.15) is 49.3 Å². The molecule has 118 valence electrons. The van der Waals surface area contributed by atoms with Crippen molar-refractivity contribution in [1.29, 1.82) is 0 Å². The van der Waals surface area contributed by atoms with Crippen LogP contribution in [0, 0.1) is 6.92 Å². The Morgan fingerprint density at radius 1 is 1.00 bits per heavy atom. The van der Waals surface area contributed by atoms with Crippen molar-refractivity contribution in [3.8, 4) is 0 Å². The maximum absolute atomic E-state index is 10.6. The lowest BCUT2D eigenvalue weighted by molar-refractivity contribution is -0.107. The lowest BCUT2D eigenvalue weighted by Crippen LogP contribution is -1.96. The minimum atomic E-state index is 0.492. The zero-order valence-electron chi connectivity index (χ0n) is 14.2. The van der Waals surface area contributed by atoms with E-state index in [0.717, 1.165) is 19.1 Å². The van der Waals surface area contributed by atoms with Gasteiger partial charge in [-0.3, -0.25) is 0 Å². The molecule has 0 amide bonds. The zero-order chi connectivity index (χ0) is 16.4. The van der Waals surface area contributed by atoms with Crippen molar-refractivity contribution in [2.75, 3.05) is 0 Å². The standard InChI is InChI=1S/C22H24O/c1-15(2)19-12-10-17(8-4-5-14-23)20-13-11-18-9-6-7-16(3)21(18)22(19)20/h6-7,9-15H,4-5,8H2,1-3H3. The zero-order valence-corrected chi connectivity index (χ0v) is 14.2. The van der Waals surface area contributed by atoms with Gasteiger partial charge in [0.05, 0.1) is 0 Å². The molecule has 1 heteroatoms. The van der Waals surface area contributed by atoms with Gasteiger partial charge in [0, 0.05) is 6.42 Å². The lowest BCUT2D eigenvalue weighted by atomic mass is 9.87. The summed E-state index contributed by atoms with van der Waals surface area (Å²) in [4.78, 5) is 10.6. The normalized spacial score (nSPS) is 11.5. The first-order valence-electron chi connectivity index (χ1n) is 8.51. The SMILES string of the molecule is Cc1cccc2ccc3c(CCCC=O)ccc(C(C)C)c3c12. The van der Waals surface area contributed by atoms with Gasteiger partial charge in [-0.05, 0) is 63.9 Å². The number of aldehydes is 1. The first-order chi connectivity index (χ1) is 11.1. The number of hydrogen-bond acceptors (Lipinski definition) is 1. The van der Waals surface area contributed by atoms with Gasteiger partial charge in [-0.1, -0.05) is 56.3 Å². The molecule has 3 aromatic rings. The van der Waals surface area contributed by atoms with Crippen LogP contribution in [0.3, 0.4) is 0 Å². The second-order valence-corrected chi connectivity index (χ2v) is 6.69. The van der Waals surface area contributed by atoms with Gasteiger partial charge in [0.25, 0.3) is 0 Å². The van der Waals surface area contributed by atoms with Crippen LogP contribution in [-0.2, 0) is 11.2 Å². The van der Waals surface area contributed by atoms with Crippen molar-refractivity contribution in [3.05, 3.63) is 59.2 Å². The van der Waals surface area contributed by atoms with Gasteiger partial charge in [0.15, 0.2) is 0 Å². The molecule has 0 bridgehead atoms. The predicted octanol–water partition coefficient (Wildman–Crippen LogP) is 5.95. The van der Waals surface area contributed by atoms with Crippen molar-refractivity contribution < 1.29 is 4.79 Å². The number of carbonyl (C=O) groups is 1. The summed E-state index contributed by atoms with van der Waals surface area (Å²) in [5.74, 6) is 0.492. The van der Waals surface area contributed by atoms with E-state index in [4.69, 9.17) is 0 Å². The van der Waals surface area contributed by atoms with E-state index >= 15 is 0 Å². The summed E-state index contributed by atoms with van der Waals surface area (Å²) in [7, 11) is 0. The smallest absolute Gasteiger partial charge is 0.120 e. The first-order valence-corrected chi connectivity index (χ1v) is 8.51. The molecule has 0 aliphatic heterocycles. The molecule has 0 atom stereocenters. The highest BCUT2D eigenvalue weighted by Crippen LogP contribution is 2.36. The fourth-order valence-corrected chi connectivity index (χ4v) is 3.57. The minimum Gasteiger partial charge on any atom is -0.303 e. The Bertz CT molecular complexity index is 859. The lowest BCUT2D eigenvalue weighted by Gasteiger charge is -2.17. The van der Waals surface area contributed by atoms with E-state index in [1.54, 1.807) is 0 Å². The Morgan fingerprint density at radius 3 is 2.57 bits per heavy atom. The Kier molecular flexibility index (Phi) is 4.47. The van der Waals surface area contributed by atoms with E-state index in [9.17, 15) is 4.79 Å². The third-order valence-corrected chi connectivity index (χ3v) is 4.74. The monoisotopic (exact) mass is 304 g/mol. The highest BCUT2D eigenvalue weighted by atomic mass is 16.1. The largest absolute Gasteiger partial charge is 0.303 e. The average molecular weight is 304 g/mol. The number of unbranched alkanes of at least 4 members (excludes halogenated alkanes) is 1. The molecule has 1 nitrogen and oxygen atoms in total. The molecule has 23 heavy (non-hydrogen) atoms. The van der Waals surface area contributed by atoms with Gasteiger partial charge in [-0.15, -0.1) is 0 Å². The van der Waals surface area contributed by atoms with Gasteiger partial charge in [-0.2, -0.15) is 0 Å². The molecular formula is C22H24O. The topological polar surface area (TPSA) is 17.1 Å². The molecule has 3 rings (SSSR count). The van der Waals surface area contributed by atoms with E-state index in [2.05, 4.69) is 63.2 Å².